The number of hydrogen-bond acceptors (Lipinski definition) is 2. The molecule has 2 heteroatoms. The van der Waals surface area contributed by atoms with Gasteiger partial charge in [-0.3, -0.25) is 0 Å². The van der Waals surface area contributed by atoms with Crippen LogP contribution in [-0.2, 0) is 0 Å². The van der Waals surface area contributed by atoms with E-state index in [9.17, 15) is 0 Å². The van der Waals surface area contributed by atoms with Crippen LogP contribution in [0.3, 0.4) is 0 Å². The fourth-order valence-electron chi connectivity index (χ4n) is 8.76. The molecule has 0 bridgehead atoms. The summed E-state index contributed by atoms with van der Waals surface area (Å²) in [5, 5.41) is 4.76. The molecule has 0 unspecified atom stereocenters. The number of fused-ring (bicyclic) bond motifs is 4. The van der Waals surface area contributed by atoms with Crippen molar-refractivity contribution < 1.29 is 4.42 Å². The van der Waals surface area contributed by atoms with Crippen molar-refractivity contribution in [3.05, 3.63) is 237 Å². The van der Waals surface area contributed by atoms with Crippen LogP contribution in [0.5, 0.6) is 0 Å². The summed E-state index contributed by atoms with van der Waals surface area (Å²) in [5.74, 6) is 0. The molecule has 2 nitrogen and oxygen atoms in total. The standard InChI is InChI=1S/C58H39NO/c1-3-15-40(16-4-1)47-36-48(41-17-5-2-6-18-41)39-51(38-47)59(49-33-31-43(32-34-49)54-28-14-30-57-58(54)55-26-9-10-29-56(55)60-57)50-24-12-22-45(37-50)44-21-11-23-46(35-44)53-27-13-20-42-19-7-8-25-52(42)53/h1-39H. The Balaban J connectivity index is 1.07. The van der Waals surface area contributed by atoms with Gasteiger partial charge < -0.3 is 9.32 Å². The van der Waals surface area contributed by atoms with Crippen molar-refractivity contribution in [2.45, 2.75) is 0 Å². The zero-order valence-corrected chi connectivity index (χ0v) is 32.9. The smallest absolute Gasteiger partial charge is 0.136 e. The van der Waals surface area contributed by atoms with Gasteiger partial charge in [-0.05, 0) is 127 Å². The largest absolute Gasteiger partial charge is 0.456 e. The van der Waals surface area contributed by atoms with Crippen LogP contribution in [0.1, 0.15) is 0 Å². The number of benzene rings is 10. The van der Waals surface area contributed by atoms with Crippen LogP contribution < -0.4 is 4.90 Å². The van der Waals surface area contributed by atoms with E-state index < -0.39 is 0 Å². The summed E-state index contributed by atoms with van der Waals surface area (Å²) in [7, 11) is 0. The number of furan rings is 1. The number of nitrogens with zero attached hydrogens (tertiary/aromatic N) is 1. The van der Waals surface area contributed by atoms with Gasteiger partial charge in [-0.2, -0.15) is 0 Å². The molecular formula is C58H39NO. The van der Waals surface area contributed by atoms with Crippen LogP contribution in [0.25, 0.3) is 88.3 Å². The maximum Gasteiger partial charge on any atom is 0.136 e. The van der Waals surface area contributed by atoms with Crippen molar-refractivity contribution in [2.75, 3.05) is 4.90 Å². The molecule has 11 rings (SSSR count). The molecule has 0 saturated carbocycles. The molecule has 0 saturated heterocycles. The summed E-state index contributed by atoms with van der Waals surface area (Å²) in [6, 6.07) is 85.0. The summed E-state index contributed by atoms with van der Waals surface area (Å²) in [6.45, 7) is 0. The number of hydrogen-bond donors (Lipinski definition) is 0. The van der Waals surface area contributed by atoms with Gasteiger partial charge in [-0.25, -0.2) is 0 Å². The molecule has 282 valence electrons. The fraction of sp³-hybridized carbons (Fsp3) is 0. The van der Waals surface area contributed by atoms with Crippen molar-refractivity contribution in [1.82, 2.24) is 0 Å². The van der Waals surface area contributed by atoms with E-state index in [0.717, 1.165) is 66.8 Å². The lowest BCUT2D eigenvalue weighted by atomic mass is 9.95. The maximum absolute atomic E-state index is 6.28. The zero-order valence-electron chi connectivity index (χ0n) is 32.9. The van der Waals surface area contributed by atoms with Crippen molar-refractivity contribution in [3.8, 4) is 55.6 Å². The van der Waals surface area contributed by atoms with Crippen molar-refractivity contribution in [1.29, 1.82) is 0 Å². The SMILES string of the molecule is c1ccc(-c2cc(-c3ccccc3)cc(N(c3ccc(-c4cccc5oc6ccccc6c45)cc3)c3cccc(-c4cccc(-c5cccc6ccccc56)c4)c3)c2)cc1. The number of rotatable bonds is 8. The van der Waals surface area contributed by atoms with Crippen molar-refractivity contribution >= 4 is 49.8 Å². The Bertz CT molecular complexity index is 3250. The third-order valence-electron chi connectivity index (χ3n) is 11.6. The van der Waals surface area contributed by atoms with Gasteiger partial charge in [-0.15, -0.1) is 0 Å². The highest BCUT2D eigenvalue weighted by molar-refractivity contribution is 6.12. The normalized spacial score (nSPS) is 11.3. The van der Waals surface area contributed by atoms with Gasteiger partial charge in [-0.1, -0.05) is 176 Å². The van der Waals surface area contributed by atoms with Crippen LogP contribution in [0.2, 0.25) is 0 Å². The summed E-state index contributed by atoms with van der Waals surface area (Å²) in [6.07, 6.45) is 0. The molecule has 0 aliphatic rings. The lowest BCUT2D eigenvalue weighted by Gasteiger charge is -2.27. The maximum atomic E-state index is 6.28. The lowest BCUT2D eigenvalue weighted by Crippen LogP contribution is -2.10. The third-order valence-corrected chi connectivity index (χ3v) is 11.6. The molecule has 0 spiro atoms. The van der Waals surface area contributed by atoms with Crippen LogP contribution in [-0.4, -0.2) is 0 Å². The quantitative estimate of drug-likeness (QED) is 0.153. The third kappa shape index (κ3) is 6.51. The predicted octanol–water partition coefficient (Wildman–Crippen LogP) is 16.5. The number of para-hydroxylation sites is 1. The summed E-state index contributed by atoms with van der Waals surface area (Å²) >= 11 is 0. The van der Waals surface area contributed by atoms with E-state index in [-0.39, 0.29) is 0 Å². The Morgan fingerprint density at radius 2 is 0.783 bits per heavy atom. The van der Waals surface area contributed by atoms with E-state index >= 15 is 0 Å². The molecule has 60 heavy (non-hydrogen) atoms. The second-order valence-electron chi connectivity index (χ2n) is 15.3. The van der Waals surface area contributed by atoms with E-state index in [1.165, 1.54) is 38.6 Å². The van der Waals surface area contributed by atoms with E-state index in [0.29, 0.717) is 0 Å². The van der Waals surface area contributed by atoms with E-state index in [1.54, 1.807) is 0 Å². The van der Waals surface area contributed by atoms with Gasteiger partial charge in [0.2, 0.25) is 0 Å². The predicted molar refractivity (Wildman–Crippen MR) is 253 cm³/mol. The Labute approximate surface area is 349 Å². The molecule has 1 aromatic heterocycles. The van der Waals surface area contributed by atoms with E-state index in [4.69, 9.17) is 4.42 Å². The molecule has 0 N–H and O–H groups in total. The van der Waals surface area contributed by atoms with E-state index in [1.807, 2.05) is 12.1 Å². The molecule has 0 amide bonds. The first kappa shape index (κ1) is 35.2. The highest BCUT2D eigenvalue weighted by Crippen LogP contribution is 2.43. The first-order valence-electron chi connectivity index (χ1n) is 20.5. The van der Waals surface area contributed by atoms with Gasteiger partial charge in [0.05, 0.1) is 0 Å². The topological polar surface area (TPSA) is 16.4 Å². The van der Waals surface area contributed by atoms with Crippen LogP contribution in [0.4, 0.5) is 17.1 Å². The van der Waals surface area contributed by atoms with Gasteiger partial charge in [0.25, 0.3) is 0 Å². The minimum absolute atomic E-state index is 0.895. The highest BCUT2D eigenvalue weighted by atomic mass is 16.3. The summed E-state index contributed by atoms with van der Waals surface area (Å²) < 4.78 is 6.28. The summed E-state index contributed by atoms with van der Waals surface area (Å²) in [5.41, 5.74) is 16.7. The van der Waals surface area contributed by atoms with Crippen molar-refractivity contribution in [2.24, 2.45) is 0 Å². The van der Waals surface area contributed by atoms with Gasteiger partial charge >= 0.3 is 0 Å². The molecule has 0 radical (unpaired) electrons. The second kappa shape index (κ2) is 15.1. The van der Waals surface area contributed by atoms with Crippen LogP contribution in [0, 0.1) is 0 Å². The monoisotopic (exact) mass is 765 g/mol. The minimum Gasteiger partial charge on any atom is -0.456 e. The summed E-state index contributed by atoms with van der Waals surface area (Å²) in [4.78, 5) is 2.40. The first-order chi connectivity index (χ1) is 29.7. The lowest BCUT2D eigenvalue weighted by molar-refractivity contribution is 0.669. The Morgan fingerprint density at radius 1 is 0.267 bits per heavy atom. The Kier molecular flexibility index (Phi) is 8.87. The van der Waals surface area contributed by atoms with E-state index in [2.05, 4.69) is 229 Å². The van der Waals surface area contributed by atoms with Gasteiger partial charge in [0.1, 0.15) is 11.2 Å². The second-order valence-corrected chi connectivity index (χ2v) is 15.3. The molecule has 11 aromatic rings. The van der Waals surface area contributed by atoms with Crippen molar-refractivity contribution in [3.63, 3.8) is 0 Å². The average molecular weight is 766 g/mol. The molecule has 0 atom stereocenters. The first-order valence-corrected chi connectivity index (χ1v) is 20.5. The van der Waals surface area contributed by atoms with Crippen LogP contribution in [0.15, 0.2) is 241 Å². The van der Waals surface area contributed by atoms with Gasteiger partial charge in [0, 0.05) is 27.8 Å². The Hall–Kier alpha value is -7.94. The number of anilines is 3. The zero-order chi connectivity index (χ0) is 39.8. The average Bonchev–Trinajstić information content (AvgIpc) is 3.72. The van der Waals surface area contributed by atoms with Crippen LogP contribution >= 0.6 is 0 Å². The molecule has 10 aromatic carbocycles. The van der Waals surface area contributed by atoms with Gasteiger partial charge in [0.15, 0.2) is 0 Å². The molecule has 0 fully saturated rings. The molecule has 0 aliphatic heterocycles. The highest BCUT2D eigenvalue weighted by Gasteiger charge is 2.18. The molecule has 1 heterocycles. The molecule has 0 aliphatic carbocycles. The Morgan fingerprint density at radius 3 is 1.55 bits per heavy atom. The fourth-order valence-corrected chi connectivity index (χ4v) is 8.76. The molecular weight excluding hydrogens is 727 g/mol. The minimum atomic E-state index is 0.895.